The van der Waals surface area contributed by atoms with Crippen LogP contribution in [0.1, 0.15) is 12.8 Å². The molecule has 0 radical (unpaired) electrons. The quantitative estimate of drug-likeness (QED) is 0.898. The molecule has 112 valence electrons. The predicted molar refractivity (Wildman–Crippen MR) is 74.0 cm³/mol. The summed E-state index contributed by atoms with van der Waals surface area (Å²) < 4.78 is 31.4. The number of fused-ring (bicyclic) bond motifs is 1. The first kappa shape index (κ1) is 14.0. The van der Waals surface area contributed by atoms with E-state index < -0.39 is 28.2 Å². The third kappa shape index (κ3) is 2.52. The van der Waals surface area contributed by atoms with Gasteiger partial charge < -0.3 is 9.84 Å². The highest BCUT2D eigenvalue weighted by atomic mass is 32.2. The fourth-order valence-electron chi connectivity index (χ4n) is 2.46. The molecule has 8 heteroatoms. The highest BCUT2D eigenvalue weighted by Crippen LogP contribution is 2.31. The first-order valence-electron chi connectivity index (χ1n) is 6.52. The molecule has 21 heavy (non-hydrogen) atoms. The van der Waals surface area contributed by atoms with E-state index in [2.05, 4.69) is 4.99 Å². The highest BCUT2D eigenvalue weighted by molar-refractivity contribution is 7.89. The minimum atomic E-state index is -3.65. The van der Waals surface area contributed by atoms with Crippen molar-refractivity contribution in [3.8, 4) is 0 Å². The van der Waals surface area contributed by atoms with E-state index in [1.54, 1.807) is 18.2 Å². The summed E-state index contributed by atoms with van der Waals surface area (Å²) in [6.07, 6.45) is 0.874. The molecule has 1 N–H and O–H groups in total. The molecule has 0 saturated carbocycles. The van der Waals surface area contributed by atoms with Crippen molar-refractivity contribution in [3.63, 3.8) is 0 Å². The minimum absolute atomic E-state index is 0.0734. The maximum absolute atomic E-state index is 12.5. The van der Waals surface area contributed by atoms with Crippen molar-refractivity contribution in [1.29, 1.82) is 0 Å². The van der Waals surface area contributed by atoms with E-state index >= 15 is 0 Å². The number of hydrogen-bond donors (Lipinski definition) is 1. The van der Waals surface area contributed by atoms with Crippen LogP contribution >= 0.6 is 0 Å². The van der Waals surface area contributed by atoms with Gasteiger partial charge in [0.05, 0.1) is 18.3 Å². The molecule has 1 aromatic rings. The van der Waals surface area contributed by atoms with Crippen molar-refractivity contribution in [1.82, 2.24) is 4.31 Å². The van der Waals surface area contributed by atoms with Gasteiger partial charge in [0.25, 0.3) is 10.0 Å². The summed E-state index contributed by atoms with van der Waals surface area (Å²) in [6.45, 7) is 0.0734. The maximum Gasteiger partial charge on any atom is 0.332 e. The van der Waals surface area contributed by atoms with Gasteiger partial charge in [-0.15, -0.1) is 0 Å². The van der Waals surface area contributed by atoms with Crippen LogP contribution < -0.4 is 0 Å². The molecule has 2 aliphatic heterocycles. The molecule has 2 heterocycles. The molecule has 1 aromatic carbocycles. The van der Waals surface area contributed by atoms with Crippen LogP contribution in [0.2, 0.25) is 0 Å². The third-order valence-corrected chi connectivity index (χ3v) is 5.31. The predicted octanol–water partition coefficient (Wildman–Crippen LogP) is 0.983. The minimum Gasteiger partial charge on any atom is -0.479 e. The topological polar surface area (TPSA) is 96.3 Å². The number of nitrogens with zero attached hydrogens (tertiary/aromatic N) is 2. The van der Waals surface area contributed by atoms with Crippen LogP contribution in [0.25, 0.3) is 0 Å². The number of sulfonamides is 1. The molecule has 0 aromatic heterocycles. The van der Waals surface area contributed by atoms with Crippen LogP contribution in [-0.4, -0.2) is 48.9 Å². The third-order valence-electron chi connectivity index (χ3n) is 3.54. The Labute approximate surface area is 121 Å². The van der Waals surface area contributed by atoms with Crippen LogP contribution in [-0.2, 0) is 19.6 Å². The van der Waals surface area contributed by atoms with Crippen molar-refractivity contribution >= 4 is 28.0 Å². The number of carbonyl (C=O) groups is 1. The standard InChI is InChI=1S/C13H14N2O5S/c16-13(17)11-6-5-9(20-11)7-15-8-14-10-3-1-2-4-12(10)21(15,18)19/h1-4,8-9,11H,5-7H2,(H,16,17). The van der Waals surface area contributed by atoms with Crippen molar-refractivity contribution in [2.24, 2.45) is 4.99 Å². The lowest BCUT2D eigenvalue weighted by Crippen LogP contribution is -2.38. The normalized spacial score (nSPS) is 26.6. The first-order chi connectivity index (χ1) is 9.98. The molecule has 0 bridgehead atoms. The number of aliphatic carboxylic acids is 1. The molecular weight excluding hydrogens is 296 g/mol. The van der Waals surface area contributed by atoms with E-state index in [1.807, 2.05) is 0 Å². The molecule has 1 fully saturated rings. The van der Waals surface area contributed by atoms with Crippen LogP contribution in [0, 0.1) is 0 Å². The summed E-state index contributed by atoms with van der Waals surface area (Å²) in [5.41, 5.74) is 0.407. The SMILES string of the molecule is O=C(O)C1CCC(CN2C=Nc3ccccc3S2(=O)=O)O1. The Bertz CT molecular complexity index is 700. The number of para-hydroxylation sites is 1. The van der Waals surface area contributed by atoms with E-state index in [-0.39, 0.29) is 11.4 Å². The van der Waals surface area contributed by atoms with Crippen LogP contribution in [0.4, 0.5) is 5.69 Å². The number of hydrogen-bond acceptors (Lipinski definition) is 5. The van der Waals surface area contributed by atoms with Gasteiger partial charge in [-0.3, -0.25) is 4.31 Å². The molecule has 0 spiro atoms. The summed E-state index contributed by atoms with van der Waals surface area (Å²) in [5.74, 6) is -1.02. The highest BCUT2D eigenvalue weighted by Gasteiger charge is 2.35. The zero-order chi connectivity index (χ0) is 15.0. The second-order valence-electron chi connectivity index (χ2n) is 4.95. The molecule has 0 aliphatic carbocycles. The smallest absolute Gasteiger partial charge is 0.332 e. The molecule has 3 rings (SSSR count). The summed E-state index contributed by atoms with van der Waals surface area (Å²) in [7, 11) is -3.65. The van der Waals surface area contributed by atoms with Crippen LogP contribution in [0.5, 0.6) is 0 Å². The van der Waals surface area contributed by atoms with Gasteiger partial charge in [-0.25, -0.2) is 18.2 Å². The second kappa shape index (κ2) is 5.12. The van der Waals surface area contributed by atoms with E-state index in [9.17, 15) is 13.2 Å². The number of aliphatic imine (C=N–C) groups is 1. The second-order valence-corrected chi connectivity index (χ2v) is 6.81. The average molecular weight is 310 g/mol. The van der Waals surface area contributed by atoms with Gasteiger partial charge in [0.1, 0.15) is 11.2 Å². The van der Waals surface area contributed by atoms with Crippen molar-refractivity contribution < 1.29 is 23.1 Å². The van der Waals surface area contributed by atoms with Gasteiger partial charge in [-0.05, 0) is 25.0 Å². The number of benzene rings is 1. The van der Waals surface area contributed by atoms with Crippen molar-refractivity contribution in [2.75, 3.05) is 6.54 Å². The summed E-state index contributed by atoms with van der Waals surface area (Å²) >= 11 is 0. The van der Waals surface area contributed by atoms with E-state index in [1.165, 1.54) is 12.4 Å². The Balaban J connectivity index is 1.78. The number of rotatable bonds is 3. The Hall–Kier alpha value is -1.93. The van der Waals surface area contributed by atoms with Gasteiger partial charge in [-0.2, -0.15) is 0 Å². The fraction of sp³-hybridized carbons (Fsp3) is 0.385. The Kier molecular flexibility index (Phi) is 3.42. The van der Waals surface area contributed by atoms with Crippen LogP contribution in [0.3, 0.4) is 0 Å². The maximum atomic E-state index is 12.5. The zero-order valence-corrected chi connectivity index (χ0v) is 11.9. The molecule has 2 atom stereocenters. The van der Waals surface area contributed by atoms with E-state index in [0.717, 1.165) is 4.31 Å². The summed E-state index contributed by atoms with van der Waals surface area (Å²) in [5, 5.41) is 8.89. The van der Waals surface area contributed by atoms with Gasteiger partial charge in [0.2, 0.25) is 0 Å². The Morgan fingerprint density at radius 3 is 2.86 bits per heavy atom. The van der Waals surface area contributed by atoms with E-state index in [0.29, 0.717) is 18.5 Å². The molecular formula is C13H14N2O5S. The van der Waals surface area contributed by atoms with Gasteiger partial charge in [-0.1, -0.05) is 12.1 Å². The summed E-state index contributed by atoms with van der Waals surface area (Å²) in [4.78, 5) is 15.1. The molecule has 0 amide bonds. The summed E-state index contributed by atoms with van der Waals surface area (Å²) in [6, 6.07) is 6.50. The van der Waals surface area contributed by atoms with Gasteiger partial charge in [0, 0.05) is 0 Å². The zero-order valence-electron chi connectivity index (χ0n) is 11.0. The molecule has 2 aliphatic rings. The Morgan fingerprint density at radius 2 is 2.14 bits per heavy atom. The van der Waals surface area contributed by atoms with Gasteiger partial charge >= 0.3 is 5.97 Å². The molecule has 2 unspecified atom stereocenters. The van der Waals surface area contributed by atoms with Crippen molar-refractivity contribution in [3.05, 3.63) is 24.3 Å². The number of carboxylic acids is 1. The van der Waals surface area contributed by atoms with Gasteiger partial charge in [0.15, 0.2) is 6.10 Å². The van der Waals surface area contributed by atoms with E-state index in [4.69, 9.17) is 9.84 Å². The lowest BCUT2D eigenvalue weighted by Gasteiger charge is -2.26. The monoisotopic (exact) mass is 310 g/mol. The van der Waals surface area contributed by atoms with Crippen LogP contribution in [0.15, 0.2) is 34.2 Å². The molecule has 7 nitrogen and oxygen atoms in total. The Morgan fingerprint density at radius 1 is 1.38 bits per heavy atom. The fourth-order valence-corrected chi connectivity index (χ4v) is 3.89. The number of carboxylic acid groups (broad SMARTS) is 1. The number of ether oxygens (including phenoxy) is 1. The average Bonchev–Trinajstić information content (AvgIpc) is 2.91. The van der Waals surface area contributed by atoms with Crippen molar-refractivity contribution in [2.45, 2.75) is 29.9 Å². The lowest BCUT2D eigenvalue weighted by atomic mass is 10.2. The molecule has 1 saturated heterocycles. The lowest BCUT2D eigenvalue weighted by molar-refractivity contribution is -0.149. The first-order valence-corrected chi connectivity index (χ1v) is 7.96. The largest absolute Gasteiger partial charge is 0.479 e.